The van der Waals surface area contributed by atoms with Crippen LogP contribution in [0.4, 0.5) is 5.82 Å². The number of carbonyl (C=O) groups excluding carboxylic acids is 1. The number of aromatic nitrogens is 1. The van der Waals surface area contributed by atoms with Crippen molar-refractivity contribution >= 4 is 11.8 Å². The first-order chi connectivity index (χ1) is 19.2. The van der Waals surface area contributed by atoms with Gasteiger partial charge >= 0.3 is 5.97 Å². The van der Waals surface area contributed by atoms with Crippen LogP contribution in [0, 0.1) is 5.92 Å². The molecule has 1 aliphatic carbocycles. The van der Waals surface area contributed by atoms with Gasteiger partial charge in [-0.2, -0.15) is 0 Å². The first-order valence-corrected chi connectivity index (χ1v) is 15.2. The highest BCUT2D eigenvalue weighted by Gasteiger charge is 2.43. The Kier molecular flexibility index (Phi) is 9.01. The first kappa shape index (κ1) is 28.9. The number of benzene rings is 1. The van der Waals surface area contributed by atoms with E-state index in [9.17, 15) is 4.79 Å². The standard InChI is InChI=1S/C33H47N3O4/c1-22-18-24-15-16-25(35-31(24)34-19-22)10-7-6-8-17-39-26-20-36(21-26)30(32(37)40-33(2,3)4)27-11-9-12-28(38-5)29(27)23-13-14-23/h9,11-12,15-16,22-23,26,30H,6-8,10,13-14,17-21H2,1-5H3,(H,34,35). The molecule has 1 N–H and O–H groups in total. The monoisotopic (exact) mass is 549 g/mol. The highest BCUT2D eigenvalue weighted by Crippen LogP contribution is 2.48. The van der Waals surface area contributed by atoms with E-state index in [1.807, 2.05) is 32.9 Å². The van der Waals surface area contributed by atoms with Crippen molar-refractivity contribution in [3.63, 3.8) is 0 Å². The predicted octanol–water partition coefficient (Wildman–Crippen LogP) is 6.07. The SMILES string of the molecule is COc1cccc(C(C(=O)OC(C)(C)C)N2CC(OCCCCCc3ccc4c(n3)NCC(C)C4)C2)c1C1CC1. The van der Waals surface area contributed by atoms with Crippen LogP contribution < -0.4 is 10.1 Å². The molecule has 3 heterocycles. The van der Waals surface area contributed by atoms with Crippen LogP contribution in [0.25, 0.3) is 0 Å². The Morgan fingerprint density at radius 2 is 1.93 bits per heavy atom. The molecule has 2 aliphatic heterocycles. The number of carbonyl (C=O) groups is 1. The predicted molar refractivity (Wildman–Crippen MR) is 158 cm³/mol. The fourth-order valence-electron chi connectivity index (χ4n) is 5.94. The van der Waals surface area contributed by atoms with Crippen LogP contribution >= 0.6 is 0 Å². The van der Waals surface area contributed by atoms with E-state index in [0.717, 1.165) is 88.3 Å². The molecule has 5 rings (SSSR count). The molecule has 2 fully saturated rings. The number of likely N-dealkylation sites (tertiary alicyclic amines) is 1. The maximum absolute atomic E-state index is 13.5. The van der Waals surface area contributed by atoms with Gasteiger partial charge in [0, 0.05) is 37.5 Å². The number of hydrogen-bond donors (Lipinski definition) is 1. The molecular weight excluding hydrogens is 502 g/mol. The van der Waals surface area contributed by atoms with Crippen molar-refractivity contribution in [3.8, 4) is 5.75 Å². The summed E-state index contributed by atoms with van der Waals surface area (Å²) in [4.78, 5) is 20.5. The van der Waals surface area contributed by atoms with E-state index < -0.39 is 11.6 Å². The summed E-state index contributed by atoms with van der Waals surface area (Å²) in [5.41, 5.74) is 4.17. The van der Waals surface area contributed by atoms with Crippen LogP contribution in [0.5, 0.6) is 5.75 Å². The molecule has 2 atom stereocenters. The van der Waals surface area contributed by atoms with Crippen molar-refractivity contribution in [3.05, 3.63) is 52.7 Å². The zero-order chi connectivity index (χ0) is 28.3. The molecule has 2 unspecified atom stereocenters. The van der Waals surface area contributed by atoms with Gasteiger partial charge in [0.05, 0.1) is 13.2 Å². The summed E-state index contributed by atoms with van der Waals surface area (Å²) in [5, 5.41) is 3.48. The van der Waals surface area contributed by atoms with Crippen LogP contribution in [0.15, 0.2) is 30.3 Å². The second-order valence-electron chi connectivity index (χ2n) is 12.9. The largest absolute Gasteiger partial charge is 0.496 e. The van der Waals surface area contributed by atoms with E-state index in [-0.39, 0.29) is 12.1 Å². The average molecular weight is 550 g/mol. The first-order valence-electron chi connectivity index (χ1n) is 15.2. The van der Waals surface area contributed by atoms with Crippen LogP contribution in [0.3, 0.4) is 0 Å². The van der Waals surface area contributed by atoms with Crippen molar-refractivity contribution in [1.82, 2.24) is 9.88 Å². The Bertz CT molecular complexity index is 1170. The smallest absolute Gasteiger partial charge is 0.328 e. The number of pyridine rings is 1. The molecule has 1 aromatic heterocycles. The van der Waals surface area contributed by atoms with E-state index in [1.165, 1.54) is 16.8 Å². The van der Waals surface area contributed by atoms with Crippen molar-refractivity contribution in [2.45, 2.75) is 96.3 Å². The highest BCUT2D eigenvalue weighted by molar-refractivity contribution is 5.79. The summed E-state index contributed by atoms with van der Waals surface area (Å²) >= 11 is 0. The number of methoxy groups -OCH3 is 1. The van der Waals surface area contributed by atoms with Crippen molar-refractivity contribution < 1.29 is 19.0 Å². The number of unbranched alkanes of at least 4 members (excludes halogenated alkanes) is 2. The number of ether oxygens (including phenoxy) is 3. The summed E-state index contributed by atoms with van der Waals surface area (Å²) < 4.78 is 17.8. The molecule has 1 saturated heterocycles. The second kappa shape index (κ2) is 12.5. The molecule has 7 heteroatoms. The van der Waals surface area contributed by atoms with Gasteiger partial charge in [0.15, 0.2) is 0 Å². The molecule has 2 aromatic rings. The highest BCUT2D eigenvalue weighted by atomic mass is 16.6. The molecule has 1 aromatic carbocycles. The number of aryl methyl sites for hydroxylation is 1. The van der Waals surface area contributed by atoms with Gasteiger partial charge in [0.25, 0.3) is 0 Å². The van der Waals surface area contributed by atoms with E-state index in [2.05, 4.69) is 35.3 Å². The number of rotatable bonds is 12. The number of esters is 1. The van der Waals surface area contributed by atoms with Gasteiger partial charge in [-0.25, -0.2) is 9.78 Å². The lowest BCUT2D eigenvalue weighted by Crippen LogP contribution is -2.56. The van der Waals surface area contributed by atoms with E-state index in [4.69, 9.17) is 19.2 Å². The van der Waals surface area contributed by atoms with Gasteiger partial charge in [-0.05, 0) is 94.4 Å². The fourth-order valence-corrected chi connectivity index (χ4v) is 5.94. The van der Waals surface area contributed by atoms with E-state index in [0.29, 0.717) is 11.8 Å². The van der Waals surface area contributed by atoms with Gasteiger partial charge < -0.3 is 19.5 Å². The minimum Gasteiger partial charge on any atom is -0.496 e. The van der Waals surface area contributed by atoms with E-state index >= 15 is 0 Å². The molecule has 40 heavy (non-hydrogen) atoms. The number of nitrogens with zero attached hydrogens (tertiary/aromatic N) is 2. The summed E-state index contributed by atoms with van der Waals surface area (Å²) in [6, 6.07) is 10.1. The molecule has 0 radical (unpaired) electrons. The number of anilines is 1. The van der Waals surface area contributed by atoms with Crippen molar-refractivity contribution in [1.29, 1.82) is 0 Å². The summed E-state index contributed by atoms with van der Waals surface area (Å²) in [6.45, 7) is 11.3. The normalized spacial score (nSPS) is 20.3. The quantitative estimate of drug-likeness (QED) is 0.255. The van der Waals surface area contributed by atoms with Gasteiger partial charge in [-0.1, -0.05) is 31.5 Å². The molecule has 7 nitrogen and oxygen atoms in total. The van der Waals surface area contributed by atoms with Crippen molar-refractivity contribution in [2.75, 3.05) is 38.7 Å². The Balaban J connectivity index is 1.10. The molecule has 0 bridgehead atoms. The Labute approximate surface area is 240 Å². The van der Waals surface area contributed by atoms with E-state index in [1.54, 1.807) is 7.11 Å². The lowest BCUT2D eigenvalue weighted by atomic mass is 9.92. The second-order valence-corrected chi connectivity index (χ2v) is 12.9. The van der Waals surface area contributed by atoms with Crippen LogP contribution in [0.2, 0.25) is 0 Å². The average Bonchev–Trinajstić information content (AvgIpc) is 3.72. The summed E-state index contributed by atoms with van der Waals surface area (Å²) in [5.74, 6) is 2.89. The van der Waals surface area contributed by atoms with Crippen LogP contribution in [0.1, 0.15) is 94.1 Å². The van der Waals surface area contributed by atoms with Gasteiger partial charge in [0.1, 0.15) is 23.2 Å². The number of nitrogens with one attached hydrogen (secondary N) is 1. The topological polar surface area (TPSA) is 72.9 Å². The third kappa shape index (κ3) is 7.16. The molecule has 0 spiro atoms. The van der Waals surface area contributed by atoms with Gasteiger partial charge in [-0.3, -0.25) is 4.90 Å². The molecular formula is C33H47N3O4. The Hall–Kier alpha value is -2.64. The molecule has 3 aliphatic rings. The summed E-state index contributed by atoms with van der Waals surface area (Å²) in [6.07, 6.45) is 7.81. The molecule has 0 amide bonds. The minimum atomic E-state index is -0.543. The maximum atomic E-state index is 13.5. The third-order valence-corrected chi connectivity index (χ3v) is 8.13. The fraction of sp³-hybridized carbons (Fsp3) is 0.636. The maximum Gasteiger partial charge on any atom is 0.328 e. The van der Waals surface area contributed by atoms with Gasteiger partial charge in [0.2, 0.25) is 0 Å². The Morgan fingerprint density at radius 3 is 2.65 bits per heavy atom. The zero-order valence-corrected chi connectivity index (χ0v) is 25.0. The Morgan fingerprint density at radius 1 is 1.12 bits per heavy atom. The summed E-state index contributed by atoms with van der Waals surface area (Å²) in [7, 11) is 1.71. The lowest BCUT2D eigenvalue weighted by molar-refractivity contribution is -0.168. The lowest BCUT2D eigenvalue weighted by Gasteiger charge is -2.44. The number of fused-ring (bicyclic) bond motifs is 1. The van der Waals surface area contributed by atoms with Crippen LogP contribution in [-0.4, -0.2) is 60.9 Å². The van der Waals surface area contributed by atoms with Crippen LogP contribution in [-0.2, 0) is 27.1 Å². The van der Waals surface area contributed by atoms with Crippen molar-refractivity contribution in [2.24, 2.45) is 5.92 Å². The third-order valence-electron chi connectivity index (χ3n) is 8.13. The number of hydrogen-bond acceptors (Lipinski definition) is 7. The zero-order valence-electron chi connectivity index (χ0n) is 25.0. The molecule has 1 saturated carbocycles. The minimum absolute atomic E-state index is 0.149. The molecule has 218 valence electrons. The van der Waals surface area contributed by atoms with Gasteiger partial charge in [-0.15, -0.1) is 0 Å².